The number of carbonyl (C=O) groups is 2. The van der Waals surface area contributed by atoms with Crippen molar-refractivity contribution in [2.24, 2.45) is 28.8 Å². The fourth-order valence-electron chi connectivity index (χ4n) is 3.93. The summed E-state index contributed by atoms with van der Waals surface area (Å²) in [6.45, 7) is 0.183. The maximum Gasteiger partial charge on any atom is 0.254 e. The highest BCUT2D eigenvalue weighted by atomic mass is 16.5. The molecular weight excluding hydrogens is 304 g/mol. The molecule has 0 aromatic heterocycles. The van der Waals surface area contributed by atoms with Crippen LogP contribution in [0.15, 0.2) is 41.5 Å². The van der Waals surface area contributed by atoms with Crippen LogP contribution in [-0.4, -0.2) is 29.6 Å². The van der Waals surface area contributed by atoms with E-state index in [4.69, 9.17) is 11.2 Å². The van der Waals surface area contributed by atoms with Gasteiger partial charge in [0.1, 0.15) is 12.4 Å². The van der Waals surface area contributed by atoms with Gasteiger partial charge in [-0.15, -0.1) is 6.42 Å². The zero-order chi connectivity index (χ0) is 16.7. The summed E-state index contributed by atoms with van der Waals surface area (Å²) in [6, 6.07) is 7.18. The average Bonchev–Trinajstić information content (AvgIpc) is 3.26. The van der Waals surface area contributed by atoms with Gasteiger partial charge >= 0.3 is 0 Å². The molecule has 5 nitrogen and oxygen atoms in total. The number of ether oxygens (including phenoxy) is 1. The quantitative estimate of drug-likeness (QED) is 0.368. The zero-order valence-corrected chi connectivity index (χ0v) is 13.0. The molecule has 1 aliphatic heterocycles. The zero-order valence-electron chi connectivity index (χ0n) is 13.0. The van der Waals surface area contributed by atoms with Crippen LogP contribution >= 0.6 is 0 Å². The summed E-state index contributed by atoms with van der Waals surface area (Å²) in [6.07, 6.45) is 11.7. The standard InChI is InChI=1S/C19H16N2O3/c1-2-8-24-15-5-3-4-12(9-15)11-20-21-18(22)16-13-6-7-14(10-13)17(16)19(21)23/h1,3-7,9,11,13-14,16-17H,8,10H2/b20-11-/t13-,14-,16-,17-/m0/s1. The molecule has 0 unspecified atom stereocenters. The maximum atomic E-state index is 12.5. The lowest BCUT2D eigenvalue weighted by molar-refractivity contribution is -0.140. The van der Waals surface area contributed by atoms with E-state index < -0.39 is 0 Å². The van der Waals surface area contributed by atoms with Gasteiger partial charge in [-0.25, -0.2) is 0 Å². The molecular formula is C19H16N2O3. The molecule has 1 aromatic carbocycles. The Balaban J connectivity index is 1.52. The van der Waals surface area contributed by atoms with Crippen LogP contribution in [0.3, 0.4) is 0 Å². The lowest BCUT2D eigenvalue weighted by atomic mass is 9.85. The van der Waals surface area contributed by atoms with Gasteiger partial charge in [0.2, 0.25) is 0 Å². The van der Waals surface area contributed by atoms with Crippen LogP contribution in [0.4, 0.5) is 0 Å². The van der Waals surface area contributed by atoms with Gasteiger partial charge in [-0.3, -0.25) is 9.59 Å². The Kier molecular flexibility index (Phi) is 3.46. The summed E-state index contributed by atoms with van der Waals surface area (Å²) >= 11 is 0. The van der Waals surface area contributed by atoms with E-state index >= 15 is 0 Å². The molecule has 0 N–H and O–H groups in total. The summed E-state index contributed by atoms with van der Waals surface area (Å²) in [5.74, 6) is 2.59. The molecule has 4 atom stereocenters. The topological polar surface area (TPSA) is 59.0 Å². The van der Waals surface area contributed by atoms with Gasteiger partial charge in [0.25, 0.3) is 11.8 Å². The van der Waals surface area contributed by atoms with Crippen LogP contribution < -0.4 is 4.74 Å². The number of carbonyl (C=O) groups excluding carboxylic acids is 2. The first-order valence-electron chi connectivity index (χ1n) is 7.95. The van der Waals surface area contributed by atoms with Gasteiger partial charge < -0.3 is 4.74 Å². The van der Waals surface area contributed by atoms with Crippen molar-refractivity contribution in [3.8, 4) is 18.1 Å². The molecule has 0 spiro atoms. The molecule has 3 aliphatic rings. The molecule has 2 fully saturated rings. The molecule has 2 amide bonds. The number of hydrogen-bond donors (Lipinski definition) is 0. The second-order valence-electron chi connectivity index (χ2n) is 6.30. The minimum atomic E-state index is -0.227. The third-order valence-corrected chi connectivity index (χ3v) is 4.95. The Morgan fingerprint density at radius 2 is 1.96 bits per heavy atom. The Labute approximate surface area is 140 Å². The van der Waals surface area contributed by atoms with E-state index in [1.807, 2.05) is 6.07 Å². The summed E-state index contributed by atoms with van der Waals surface area (Å²) in [7, 11) is 0. The highest BCUT2D eigenvalue weighted by Gasteiger charge is 2.59. The largest absolute Gasteiger partial charge is 0.481 e. The number of hydrogen-bond acceptors (Lipinski definition) is 4. The molecule has 1 saturated heterocycles. The molecule has 1 heterocycles. The van der Waals surface area contributed by atoms with E-state index in [1.54, 1.807) is 18.2 Å². The maximum absolute atomic E-state index is 12.5. The van der Waals surface area contributed by atoms with E-state index in [2.05, 4.69) is 23.2 Å². The van der Waals surface area contributed by atoms with Crippen molar-refractivity contribution in [2.45, 2.75) is 6.42 Å². The van der Waals surface area contributed by atoms with Crippen LogP contribution in [0.2, 0.25) is 0 Å². The average molecular weight is 320 g/mol. The predicted octanol–water partition coefficient (Wildman–Crippen LogP) is 1.84. The van der Waals surface area contributed by atoms with E-state index in [0.29, 0.717) is 5.75 Å². The van der Waals surface area contributed by atoms with Crippen LogP contribution in [0.25, 0.3) is 0 Å². The van der Waals surface area contributed by atoms with Gasteiger partial charge in [-0.1, -0.05) is 30.2 Å². The first-order chi connectivity index (χ1) is 11.7. The molecule has 2 aliphatic carbocycles. The minimum Gasteiger partial charge on any atom is -0.481 e. The first kappa shape index (κ1) is 14.7. The van der Waals surface area contributed by atoms with Crippen molar-refractivity contribution in [3.05, 3.63) is 42.0 Å². The number of allylic oxidation sites excluding steroid dienone is 2. The minimum absolute atomic E-state index is 0.183. The van der Waals surface area contributed by atoms with Crippen molar-refractivity contribution in [1.82, 2.24) is 5.01 Å². The summed E-state index contributed by atoms with van der Waals surface area (Å²) in [5.41, 5.74) is 0.739. The third kappa shape index (κ3) is 2.23. The van der Waals surface area contributed by atoms with Crippen molar-refractivity contribution < 1.29 is 14.3 Å². The van der Waals surface area contributed by atoms with Gasteiger partial charge in [-0.05, 0) is 36.0 Å². The summed E-state index contributed by atoms with van der Waals surface area (Å²) in [5, 5.41) is 5.18. The number of fused-ring (bicyclic) bond motifs is 5. The van der Waals surface area contributed by atoms with Gasteiger partial charge in [0.15, 0.2) is 0 Å². The second-order valence-corrected chi connectivity index (χ2v) is 6.30. The molecule has 4 rings (SSSR count). The lowest BCUT2D eigenvalue weighted by Gasteiger charge is -2.13. The fourth-order valence-corrected chi connectivity index (χ4v) is 3.93. The summed E-state index contributed by atoms with van der Waals surface area (Å²) < 4.78 is 5.35. The van der Waals surface area contributed by atoms with Crippen LogP contribution in [0.1, 0.15) is 12.0 Å². The smallest absolute Gasteiger partial charge is 0.254 e. The monoisotopic (exact) mass is 320 g/mol. The Bertz CT molecular complexity index is 775. The number of benzene rings is 1. The fraction of sp³-hybridized carbons (Fsp3) is 0.316. The van der Waals surface area contributed by atoms with E-state index in [1.165, 1.54) is 6.21 Å². The third-order valence-electron chi connectivity index (χ3n) is 4.95. The second kappa shape index (κ2) is 5.64. The molecule has 0 radical (unpaired) electrons. The highest BCUT2D eigenvalue weighted by Crippen LogP contribution is 2.52. The van der Waals surface area contributed by atoms with E-state index in [0.717, 1.165) is 17.0 Å². The Morgan fingerprint density at radius 3 is 2.62 bits per heavy atom. The van der Waals surface area contributed by atoms with E-state index in [9.17, 15) is 9.59 Å². The number of rotatable bonds is 4. The highest BCUT2D eigenvalue weighted by molar-refractivity contribution is 6.06. The number of imide groups is 1. The number of hydrazone groups is 1. The van der Waals surface area contributed by atoms with Gasteiger partial charge in [-0.2, -0.15) is 10.1 Å². The normalized spacial score (nSPS) is 30.2. The Hall–Kier alpha value is -2.87. The number of nitrogens with zero attached hydrogens (tertiary/aromatic N) is 2. The SMILES string of the molecule is C#CCOc1cccc(/C=N\N2C(=O)[C@@H]3[C@@H](C2=O)[C@H]2C=C[C@H]3C2)c1. The number of terminal acetylenes is 1. The van der Waals surface area contributed by atoms with Gasteiger partial charge in [0.05, 0.1) is 18.1 Å². The Morgan fingerprint density at radius 1 is 1.25 bits per heavy atom. The van der Waals surface area contributed by atoms with E-state index in [-0.39, 0.29) is 42.1 Å². The van der Waals surface area contributed by atoms with Crippen LogP contribution in [0, 0.1) is 36.0 Å². The van der Waals surface area contributed by atoms with Gasteiger partial charge in [0, 0.05) is 0 Å². The molecule has 1 aromatic rings. The van der Waals surface area contributed by atoms with Crippen LogP contribution in [0.5, 0.6) is 5.75 Å². The molecule has 1 saturated carbocycles. The molecule has 2 bridgehead atoms. The lowest BCUT2D eigenvalue weighted by Crippen LogP contribution is -2.28. The first-order valence-corrected chi connectivity index (χ1v) is 7.95. The molecule has 5 heteroatoms. The predicted molar refractivity (Wildman–Crippen MR) is 87.9 cm³/mol. The van der Waals surface area contributed by atoms with Crippen LogP contribution in [-0.2, 0) is 9.59 Å². The molecule has 24 heavy (non-hydrogen) atoms. The summed E-state index contributed by atoms with van der Waals surface area (Å²) in [4.78, 5) is 25.1. The molecule has 120 valence electrons. The van der Waals surface area contributed by atoms with Crippen molar-refractivity contribution in [2.75, 3.05) is 6.61 Å². The van der Waals surface area contributed by atoms with Crippen molar-refractivity contribution in [3.63, 3.8) is 0 Å². The number of amides is 2. The van der Waals surface area contributed by atoms with Crippen molar-refractivity contribution in [1.29, 1.82) is 0 Å². The van der Waals surface area contributed by atoms with Crippen molar-refractivity contribution >= 4 is 18.0 Å².